The Kier molecular flexibility index (Phi) is 6.46. The number of para-hydroxylation sites is 1. The highest BCUT2D eigenvalue weighted by Crippen LogP contribution is 2.41. The van der Waals surface area contributed by atoms with Crippen LogP contribution in [-0.2, 0) is 27.1 Å². The normalized spacial score (nSPS) is 15.7. The van der Waals surface area contributed by atoms with Gasteiger partial charge >= 0.3 is 17.2 Å². The van der Waals surface area contributed by atoms with Crippen LogP contribution in [0.3, 0.4) is 0 Å². The van der Waals surface area contributed by atoms with Crippen molar-refractivity contribution in [3.05, 3.63) is 127 Å². The fourth-order valence-electron chi connectivity index (χ4n) is 5.72. The first kappa shape index (κ1) is 27.1. The summed E-state index contributed by atoms with van der Waals surface area (Å²) in [6.07, 6.45) is 1.13. The number of phenols is 1. The minimum atomic E-state index is -1.02. The molecule has 0 spiro atoms. The second kappa shape index (κ2) is 10.5. The third kappa shape index (κ3) is 4.66. The zero-order valence-corrected chi connectivity index (χ0v) is 23.5. The van der Waals surface area contributed by atoms with Crippen molar-refractivity contribution in [2.24, 2.45) is 0 Å². The maximum atomic E-state index is 13.1. The van der Waals surface area contributed by atoms with E-state index in [9.17, 15) is 19.5 Å². The van der Waals surface area contributed by atoms with E-state index in [-0.39, 0.29) is 12.2 Å². The van der Waals surface area contributed by atoms with E-state index in [1.807, 2.05) is 12.1 Å². The van der Waals surface area contributed by atoms with Gasteiger partial charge in [-0.25, -0.2) is 14.4 Å². The maximum Gasteiger partial charge on any atom is 0.337 e. The van der Waals surface area contributed by atoms with Crippen LogP contribution in [0.2, 0.25) is 0 Å². The number of hydrogen-bond donors (Lipinski definition) is 1. The van der Waals surface area contributed by atoms with E-state index < -0.39 is 23.5 Å². The molecular weight excluding hydrogens is 568 g/mol. The van der Waals surface area contributed by atoms with Gasteiger partial charge in [0.2, 0.25) is 0 Å². The van der Waals surface area contributed by atoms with E-state index in [1.165, 1.54) is 38.5 Å². The standard InChI is InChI=1S/C34H24O10/c1-39-27-5-3-4-23-19(15-30(37)43-32(23)27)12-20-13-25-31(40-2)24-11-17(6-9-26(24)42-34(25)44-33(20)38)10-18-14-29(36)41-28-16-21(35)7-8-22(18)28/h3-9,11,13-16,34-35H,10,12H2,1-2H3. The molecular formula is C34H24O10. The molecule has 1 unspecified atom stereocenters. The van der Waals surface area contributed by atoms with Gasteiger partial charge in [-0.2, -0.15) is 0 Å². The molecule has 0 amide bonds. The molecule has 1 atom stereocenters. The van der Waals surface area contributed by atoms with Crippen LogP contribution in [0.25, 0.3) is 27.7 Å². The minimum Gasteiger partial charge on any atom is -0.508 e. The second-order valence-electron chi connectivity index (χ2n) is 10.4. The number of phenolic OH excluding ortho intramolecular Hbond substituents is 1. The minimum absolute atomic E-state index is 0.00102. The van der Waals surface area contributed by atoms with Crippen LogP contribution in [0, 0.1) is 0 Å². The molecule has 44 heavy (non-hydrogen) atoms. The van der Waals surface area contributed by atoms with Gasteiger partial charge in [-0.1, -0.05) is 18.2 Å². The zero-order chi connectivity index (χ0) is 30.5. The molecule has 0 fully saturated rings. The number of benzene rings is 3. The van der Waals surface area contributed by atoms with E-state index >= 15 is 0 Å². The molecule has 10 nitrogen and oxygen atoms in total. The maximum absolute atomic E-state index is 13.1. The van der Waals surface area contributed by atoms with Gasteiger partial charge in [-0.3, -0.25) is 0 Å². The summed E-state index contributed by atoms with van der Waals surface area (Å²) in [4.78, 5) is 37.7. The molecule has 5 aromatic rings. The molecule has 10 heteroatoms. The topological polar surface area (TPSA) is 135 Å². The quantitative estimate of drug-likeness (QED) is 0.212. The van der Waals surface area contributed by atoms with Crippen LogP contribution >= 0.6 is 0 Å². The van der Waals surface area contributed by atoms with Gasteiger partial charge in [0, 0.05) is 41.0 Å². The number of rotatable bonds is 6. The van der Waals surface area contributed by atoms with Crippen molar-refractivity contribution in [2.75, 3.05) is 14.2 Å². The number of hydrogen-bond acceptors (Lipinski definition) is 10. The third-order valence-corrected chi connectivity index (χ3v) is 7.68. The summed E-state index contributed by atoms with van der Waals surface area (Å²) in [6.45, 7) is 0. The summed E-state index contributed by atoms with van der Waals surface area (Å²) in [5.41, 5.74) is 3.10. The van der Waals surface area contributed by atoms with Crippen LogP contribution < -0.4 is 20.7 Å². The van der Waals surface area contributed by atoms with Crippen molar-refractivity contribution < 1.29 is 37.7 Å². The SMILES string of the molecule is COC1=C2C=C(Cc3cc(=O)oc4c(OC)cccc34)C(=O)OC2Oc2ccc(Cc3cc(=O)oc4cc(O)ccc34)cc21. The molecule has 0 saturated heterocycles. The van der Waals surface area contributed by atoms with E-state index in [0.717, 1.165) is 11.1 Å². The summed E-state index contributed by atoms with van der Waals surface area (Å²) >= 11 is 0. The number of methoxy groups -OCH3 is 2. The summed E-state index contributed by atoms with van der Waals surface area (Å²) < 4.78 is 33.6. The highest BCUT2D eigenvalue weighted by atomic mass is 16.7. The van der Waals surface area contributed by atoms with Crippen LogP contribution in [-0.4, -0.2) is 31.6 Å². The van der Waals surface area contributed by atoms with Gasteiger partial charge in [0.25, 0.3) is 6.29 Å². The average molecular weight is 593 g/mol. The number of carbonyl (C=O) groups is 1. The van der Waals surface area contributed by atoms with E-state index in [2.05, 4.69) is 0 Å². The molecule has 4 heterocycles. The third-order valence-electron chi connectivity index (χ3n) is 7.68. The Morgan fingerprint density at radius 1 is 0.795 bits per heavy atom. The lowest BCUT2D eigenvalue weighted by atomic mass is 9.94. The molecule has 0 radical (unpaired) electrons. The first-order valence-electron chi connectivity index (χ1n) is 13.7. The first-order chi connectivity index (χ1) is 21.3. The smallest absolute Gasteiger partial charge is 0.337 e. The van der Waals surface area contributed by atoms with Crippen molar-refractivity contribution in [1.29, 1.82) is 0 Å². The molecule has 2 aromatic heterocycles. The average Bonchev–Trinajstić information content (AvgIpc) is 3.00. The van der Waals surface area contributed by atoms with E-state index in [0.29, 0.717) is 67.9 Å². The van der Waals surface area contributed by atoms with Gasteiger partial charge in [0.05, 0.1) is 25.4 Å². The van der Waals surface area contributed by atoms with Crippen molar-refractivity contribution >= 4 is 33.7 Å². The van der Waals surface area contributed by atoms with Crippen molar-refractivity contribution in [1.82, 2.24) is 0 Å². The number of fused-ring (bicyclic) bond motifs is 4. The Morgan fingerprint density at radius 3 is 2.39 bits per heavy atom. The number of aromatic hydroxyl groups is 1. The van der Waals surface area contributed by atoms with Gasteiger partial charge in [0.1, 0.15) is 22.8 Å². The summed E-state index contributed by atoms with van der Waals surface area (Å²) in [6, 6.07) is 18.2. The molecule has 3 aromatic carbocycles. The second-order valence-corrected chi connectivity index (χ2v) is 10.4. The predicted octanol–water partition coefficient (Wildman–Crippen LogP) is 5.01. The van der Waals surface area contributed by atoms with Crippen LogP contribution in [0.1, 0.15) is 22.3 Å². The molecule has 2 aliphatic rings. The summed E-state index contributed by atoms with van der Waals surface area (Å²) in [7, 11) is 3.01. The lowest BCUT2D eigenvalue weighted by molar-refractivity contribution is -0.155. The Hall–Kier alpha value is -5.77. The Balaban J connectivity index is 1.28. The Bertz CT molecular complexity index is 2180. The fraction of sp³-hybridized carbons (Fsp3) is 0.147. The predicted molar refractivity (Wildman–Crippen MR) is 159 cm³/mol. The van der Waals surface area contributed by atoms with Gasteiger partial charge in [-0.15, -0.1) is 0 Å². The first-order valence-corrected chi connectivity index (χ1v) is 13.7. The van der Waals surface area contributed by atoms with Crippen molar-refractivity contribution in [3.8, 4) is 17.2 Å². The lowest BCUT2D eigenvalue weighted by Crippen LogP contribution is -2.34. The van der Waals surface area contributed by atoms with Gasteiger partial charge in [0.15, 0.2) is 11.3 Å². The highest BCUT2D eigenvalue weighted by Gasteiger charge is 2.36. The van der Waals surface area contributed by atoms with Gasteiger partial charge in [-0.05, 0) is 59.5 Å². The summed E-state index contributed by atoms with van der Waals surface area (Å²) in [5, 5.41) is 11.2. The largest absolute Gasteiger partial charge is 0.508 e. The Morgan fingerprint density at radius 2 is 1.59 bits per heavy atom. The zero-order valence-electron chi connectivity index (χ0n) is 23.5. The molecule has 0 saturated carbocycles. The van der Waals surface area contributed by atoms with Crippen molar-refractivity contribution in [3.63, 3.8) is 0 Å². The van der Waals surface area contributed by atoms with E-state index in [1.54, 1.807) is 36.4 Å². The monoisotopic (exact) mass is 592 g/mol. The molecule has 0 bridgehead atoms. The number of carbonyl (C=O) groups excluding carboxylic acids is 1. The van der Waals surface area contributed by atoms with Gasteiger partial charge < -0.3 is 32.9 Å². The summed E-state index contributed by atoms with van der Waals surface area (Å²) in [5.74, 6) is 0.745. The molecule has 2 aliphatic heterocycles. The van der Waals surface area contributed by atoms with Crippen molar-refractivity contribution in [2.45, 2.75) is 19.1 Å². The van der Waals surface area contributed by atoms with Crippen LogP contribution in [0.15, 0.2) is 102 Å². The molecule has 7 rings (SSSR count). The van der Waals surface area contributed by atoms with Crippen LogP contribution in [0.4, 0.5) is 0 Å². The fourth-order valence-corrected chi connectivity index (χ4v) is 5.72. The Labute approximate surface area is 249 Å². The number of esters is 1. The lowest BCUT2D eigenvalue weighted by Gasteiger charge is -2.32. The molecule has 1 N–H and O–H groups in total. The highest BCUT2D eigenvalue weighted by molar-refractivity contribution is 5.94. The number of ether oxygens (including phenoxy) is 4. The molecule has 0 aliphatic carbocycles. The van der Waals surface area contributed by atoms with Crippen LogP contribution in [0.5, 0.6) is 17.2 Å². The van der Waals surface area contributed by atoms with E-state index in [4.69, 9.17) is 27.8 Å². The molecule has 220 valence electrons.